The van der Waals surface area contributed by atoms with Gasteiger partial charge in [-0.1, -0.05) is 12.8 Å². The van der Waals surface area contributed by atoms with Crippen LogP contribution in [0.15, 0.2) is 12.1 Å². The molecule has 1 aromatic rings. The summed E-state index contributed by atoms with van der Waals surface area (Å²) in [7, 11) is 0. The van der Waals surface area contributed by atoms with Crippen LogP contribution in [-0.2, 0) is 11.2 Å². The fourth-order valence-electron chi connectivity index (χ4n) is 2.90. The van der Waals surface area contributed by atoms with Crippen molar-refractivity contribution in [3.8, 4) is 0 Å². The molecular formula is C14H19N3O2. The van der Waals surface area contributed by atoms with Crippen LogP contribution in [0.25, 0.3) is 0 Å². The molecule has 19 heavy (non-hydrogen) atoms. The van der Waals surface area contributed by atoms with Gasteiger partial charge < -0.3 is 21.5 Å². The molecule has 5 nitrogen and oxygen atoms in total. The molecule has 0 aromatic heterocycles. The number of fused-ring (bicyclic) bond motifs is 1. The van der Waals surface area contributed by atoms with Crippen molar-refractivity contribution in [3.05, 3.63) is 17.7 Å². The molecule has 2 unspecified atom stereocenters. The van der Waals surface area contributed by atoms with E-state index in [4.69, 9.17) is 5.73 Å². The van der Waals surface area contributed by atoms with Gasteiger partial charge in [-0.2, -0.15) is 0 Å². The lowest BCUT2D eigenvalue weighted by molar-refractivity contribution is -0.115. The summed E-state index contributed by atoms with van der Waals surface area (Å²) in [6, 6.07) is 3.76. The number of carbonyl (C=O) groups excluding carboxylic acids is 1. The summed E-state index contributed by atoms with van der Waals surface area (Å²) in [4.78, 5) is 11.4. The summed E-state index contributed by atoms with van der Waals surface area (Å²) in [5, 5.41) is 16.1. The highest BCUT2D eigenvalue weighted by Gasteiger charge is 2.25. The molecule has 1 fully saturated rings. The molecule has 5 N–H and O–H groups in total. The predicted octanol–water partition coefficient (Wildman–Crippen LogP) is 1.48. The molecule has 1 aliphatic heterocycles. The number of rotatable bonds is 2. The fraction of sp³-hybridized carbons (Fsp3) is 0.500. The molecule has 5 heteroatoms. The second-order valence-electron chi connectivity index (χ2n) is 5.42. The average Bonchev–Trinajstić information content (AvgIpc) is 2.71. The third-order valence-electron chi connectivity index (χ3n) is 3.97. The minimum Gasteiger partial charge on any atom is -0.397 e. The molecule has 0 bridgehead atoms. The number of amides is 1. The molecule has 1 aliphatic carbocycles. The monoisotopic (exact) mass is 261 g/mol. The first-order chi connectivity index (χ1) is 9.13. The molecule has 0 saturated heterocycles. The van der Waals surface area contributed by atoms with Gasteiger partial charge in [-0.15, -0.1) is 0 Å². The normalized spacial score (nSPS) is 25.8. The number of nitrogens with two attached hydrogens (primary N) is 1. The third-order valence-corrected chi connectivity index (χ3v) is 3.97. The molecule has 1 amide bonds. The molecule has 1 saturated carbocycles. The smallest absolute Gasteiger partial charge is 0.228 e. The number of nitrogen functional groups attached to an aromatic ring is 1. The van der Waals surface area contributed by atoms with E-state index in [0.717, 1.165) is 42.6 Å². The van der Waals surface area contributed by atoms with Gasteiger partial charge in [0.05, 0.1) is 29.9 Å². The number of aliphatic hydroxyl groups excluding tert-OH is 1. The van der Waals surface area contributed by atoms with E-state index in [1.807, 2.05) is 12.1 Å². The van der Waals surface area contributed by atoms with Gasteiger partial charge in [-0.3, -0.25) is 4.79 Å². The van der Waals surface area contributed by atoms with Crippen LogP contribution < -0.4 is 16.4 Å². The highest BCUT2D eigenvalue weighted by Crippen LogP contribution is 2.33. The van der Waals surface area contributed by atoms with Gasteiger partial charge in [0.1, 0.15) is 0 Å². The Labute approximate surface area is 112 Å². The Morgan fingerprint density at radius 2 is 2.11 bits per heavy atom. The molecular weight excluding hydrogens is 242 g/mol. The minimum atomic E-state index is -0.323. The zero-order chi connectivity index (χ0) is 13.4. The van der Waals surface area contributed by atoms with Crippen LogP contribution >= 0.6 is 0 Å². The lowest BCUT2D eigenvalue weighted by atomic mass is 9.92. The molecule has 2 aliphatic rings. The summed E-state index contributed by atoms with van der Waals surface area (Å²) in [6.45, 7) is 0. The lowest BCUT2D eigenvalue weighted by Crippen LogP contribution is -2.36. The largest absolute Gasteiger partial charge is 0.397 e. The Bertz CT molecular complexity index is 516. The van der Waals surface area contributed by atoms with Crippen LogP contribution in [0.2, 0.25) is 0 Å². The van der Waals surface area contributed by atoms with E-state index < -0.39 is 0 Å². The van der Waals surface area contributed by atoms with Crippen molar-refractivity contribution in [2.24, 2.45) is 0 Å². The number of hydrogen-bond donors (Lipinski definition) is 4. The van der Waals surface area contributed by atoms with E-state index in [1.54, 1.807) is 0 Å². The van der Waals surface area contributed by atoms with Crippen molar-refractivity contribution in [2.75, 3.05) is 16.4 Å². The van der Waals surface area contributed by atoms with Gasteiger partial charge in [-0.25, -0.2) is 0 Å². The first kappa shape index (κ1) is 12.3. The van der Waals surface area contributed by atoms with Crippen LogP contribution in [0, 0.1) is 0 Å². The van der Waals surface area contributed by atoms with Gasteiger partial charge >= 0.3 is 0 Å². The van der Waals surface area contributed by atoms with Crippen LogP contribution in [0.4, 0.5) is 17.1 Å². The van der Waals surface area contributed by atoms with Crippen LogP contribution in [0.1, 0.15) is 31.2 Å². The Morgan fingerprint density at radius 1 is 1.32 bits per heavy atom. The van der Waals surface area contributed by atoms with E-state index in [9.17, 15) is 9.90 Å². The van der Waals surface area contributed by atoms with Gasteiger partial charge in [0.2, 0.25) is 5.91 Å². The zero-order valence-corrected chi connectivity index (χ0v) is 10.8. The average molecular weight is 261 g/mol. The number of aliphatic hydroxyl groups is 1. The number of hydrogen-bond acceptors (Lipinski definition) is 4. The Morgan fingerprint density at radius 3 is 2.89 bits per heavy atom. The van der Waals surface area contributed by atoms with Crippen LogP contribution in [0.5, 0.6) is 0 Å². The summed E-state index contributed by atoms with van der Waals surface area (Å²) >= 11 is 0. The summed E-state index contributed by atoms with van der Waals surface area (Å²) < 4.78 is 0. The second-order valence-corrected chi connectivity index (χ2v) is 5.42. The molecule has 102 valence electrons. The van der Waals surface area contributed by atoms with E-state index in [-0.39, 0.29) is 18.1 Å². The molecule has 0 radical (unpaired) electrons. The quantitative estimate of drug-likeness (QED) is 0.607. The number of benzene rings is 1. The maximum Gasteiger partial charge on any atom is 0.228 e. The Hall–Kier alpha value is -1.75. The first-order valence-corrected chi connectivity index (χ1v) is 6.80. The second kappa shape index (κ2) is 4.74. The van der Waals surface area contributed by atoms with E-state index in [1.165, 1.54) is 0 Å². The number of carbonyl (C=O) groups is 1. The third kappa shape index (κ3) is 2.38. The fourth-order valence-corrected chi connectivity index (χ4v) is 2.90. The van der Waals surface area contributed by atoms with Crippen molar-refractivity contribution in [3.63, 3.8) is 0 Å². The topological polar surface area (TPSA) is 87.4 Å². The predicted molar refractivity (Wildman–Crippen MR) is 75.1 cm³/mol. The molecule has 1 heterocycles. The van der Waals surface area contributed by atoms with Gasteiger partial charge in [0, 0.05) is 5.69 Å². The van der Waals surface area contributed by atoms with Crippen molar-refractivity contribution in [1.29, 1.82) is 0 Å². The van der Waals surface area contributed by atoms with Crippen molar-refractivity contribution in [2.45, 2.75) is 44.2 Å². The maximum absolute atomic E-state index is 11.4. The van der Waals surface area contributed by atoms with Gasteiger partial charge in [0.15, 0.2) is 0 Å². The molecule has 2 atom stereocenters. The standard InChI is InChI=1S/C14H19N3O2/c15-9-5-8-6-14(19)17-11(8)7-12(9)16-10-3-1-2-4-13(10)18/h5,7,10,13,16,18H,1-4,6,15H2,(H,17,19). The Balaban J connectivity index is 1.81. The summed E-state index contributed by atoms with van der Waals surface area (Å²) in [5.41, 5.74) is 9.22. The van der Waals surface area contributed by atoms with Crippen molar-refractivity contribution >= 4 is 23.0 Å². The maximum atomic E-state index is 11.4. The SMILES string of the molecule is Nc1cc2c(cc1NC1CCCCC1O)NC(=O)C2. The minimum absolute atomic E-state index is 0.00394. The van der Waals surface area contributed by atoms with E-state index in [2.05, 4.69) is 10.6 Å². The van der Waals surface area contributed by atoms with Crippen molar-refractivity contribution in [1.82, 2.24) is 0 Å². The lowest BCUT2D eigenvalue weighted by Gasteiger charge is -2.29. The molecule has 3 rings (SSSR count). The summed E-state index contributed by atoms with van der Waals surface area (Å²) in [5.74, 6) is 0.00394. The molecule has 1 aromatic carbocycles. The highest BCUT2D eigenvalue weighted by molar-refractivity contribution is 6.00. The number of anilines is 3. The zero-order valence-electron chi connectivity index (χ0n) is 10.8. The summed E-state index contributed by atoms with van der Waals surface area (Å²) in [6.07, 6.45) is 4.05. The number of nitrogens with one attached hydrogen (secondary N) is 2. The highest BCUT2D eigenvalue weighted by atomic mass is 16.3. The van der Waals surface area contributed by atoms with E-state index >= 15 is 0 Å². The van der Waals surface area contributed by atoms with Crippen LogP contribution in [0.3, 0.4) is 0 Å². The van der Waals surface area contributed by atoms with Gasteiger partial charge in [0.25, 0.3) is 0 Å². The van der Waals surface area contributed by atoms with Crippen LogP contribution in [-0.4, -0.2) is 23.2 Å². The first-order valence-electron chi connectivity index (χ1n) is 6.80. The Kier molecular flexibility index (Phi) is 3.06. The molecule has 0 spiro atoms. The van der Waals surface area contributed by atoms with E-state index in [0.29, 0.717) is 12.1 Å². The van der Waals surface area contributed by atoms with Crippen molar-refractivity contribution < 1.29 is 9.90 Å². The van der Waals surface area contributed by atoms with Gasteiger partial charge in [-0.05, 0) is 30.5 Å².